The third-order valence-corrected chi connectivity index (χ3v) is 2.22. The number of hydrogen-bond acceptors (Lipinski definition) is 4. The number of halogens is 1. The van der Waals surface area contributed by atoms with Gasteiger partial charge < -0.3 is 0 Å². The van der Waals surface area contributed by atoms with E-state index in [1.165, 1.54) is 18.3 Å². The summed E-state index contributed by atoms with van der Waals surface area (Å²) in [7, 11) is 0. The summed E-state index contributed by atoms with van der Waals surface area (Å²) < 4.78 is 14.2. The van der Waals surface area contributed by atoms with E-state index in [1.807, 2.05) is 0 Å². The van der Waals surface area contributed by atoms with Crippen molar-refractivity contribution in [1.82, 2.24) is 14.9 Å². The lowest BCUT2D eigenvalue weighted by Gasteiger charge is -1.97. The molecular formula is C10H7FN4OS. The van der Waals surface area contributed by atoms with Crippen molar-refractivity contribution in [2.24, 2.45) is 5.10 Å². The lowest BCUT2D eigenvalue weighted by molar-refractivity contribution is 0.625. The molecular weight excluding hydrogens is 243 g/mol. The van der Waals surface area contributed by atoms with Gasteiger partial charge in [-0.05, 0) is 18.3 Å². The lowest BCUT2D eigenvalue weighted by Crippen LogP contribution is -2.18. The van der Waals surface area contributed by atoms with Crippen molar-refractivity contribution in [2.45, 2.75) is 0 Å². The number of nitrogens with one attached hydrogen (secondary N) is 1. The molecule has 0 aliphatic rings. The Labute approximate surface area is 100 Å². The van der Waals surface area contributed by atoms with Crippen molar-refractivity contribution >= 4 is 18.4 Å². The summed E-state index contributed by atoms with van der Waals surface area (Å²) in [6, 6.07) is 6.08. The van der Waals surface area contributed by atoms with Gasteiger partial charge in [0.15, 0.2) is 0 Å². The van der Waals surface area contributed by atoms with Crippen LogP contribution in [0.25, 0.3) is 0 Å². The fourth-order valence-corrected chi connectivity index (χ4v) is 1.34. The summed E-state index contributed by atoms with van der Waals surface area (Å²) in [5.74, 6) is -0.423. The van der Waals surface area contributed by atoms with Crippen molar-refractivity contribution in [3.8, 4) is 0 Å². The third-order valence-electron chi connectivity index (χ3n) is 1.95. The SMILES string of the molecule is O=c1cn[nH]c(=S)n1/N=C\c1ccccc1F. The van der Waals surface area contributed by atoms with Crippen molar-refractivity contribution in [2.75, 3.05) is 0 Å². The van der Waals surface area contributed by atoms with Crippen LogP contribution in [0.15, 0.2) is 40.4 Å². The normalized spacial score (nSPS) is 10.9. The Balaban J connectivity index is 2.43. The zero-order chi connectivity index (χ0) is 12.3. The number of aromatic amines is 1. The van der Waals surface area contributed by atoms with Gasteiger partial charge in [-0.2, -0.15) is 14.9 Å². The molecule has 0 amide bonds. The van der Waals surface area contributed by atoms with Crippen molar-refractivity contribution in [3.05, 3.63) is 57.0 Å². The first kappa shape index (κ1) is 11.3. The molecule has 0 saturated carbocycles. The van der Waals surface area contributed by atoms with Crippen LogP contribution in [0.4, 0.5) is 4.39 Å². The first-order chi connectivity index (χ1) is 8.18. The number of H-pyrrole nitrogens is 1. The van der Waals surface area contributed by atoms with E-state index >= 15 is 0 Å². The minimum Gasteiger partial charge on any atom is -0.265 e. The number of benzene rings is 1. The first-order valence-corrected chi connectivity index (χ1v) is 5.05. The van der Waals surface area contributed by atoms with Crippen LogP contribution >= 0.6 is 12.2 Å². The highest BCUT2D eigenvalue weighted by Crippen LogP contribution is 2.02. The second-order valence-electron chi connectivity index (χ2n) is 3.09. The molecule has 2 aromatic rings. The van der Waals surface area contributed by atoms with Crippen molar-refractivity contribution in [3.63, 3.8) is 0 Å². The zero-order valence-electron chi connectivity index (χ0n) is 8.50. The van der Waals surface area contributed by atoms with E-state index in [0.717, 1.165) is 10.9 Å². The summed E-state index contributed by atoms with van der Waals surface area (Å²) in [6.45, 7) is 0. The molecule has 7 heteroatoms. The van der Waals surface area contributed by atoms with Gasteiger partial charge in [0.25, 0.3) is 5.56 Å². The quantitative estimate of drug-likeness (QED) is 0.646. The van der Waals surface area contributed by atoms with Crippen LogP contribution in [-0.4, -0.2) is 21.1 Å². The average Bonchev–Trinajstić information content (AvgIpc) is 2.30. The molecule has 2 rings (SSSR count). The van der Waals surface area contributed by atoms with E-state index < -0.39 is 11.4 Å². The summed E-state index contributed by atoms with van der Waals surface area (Å²) in [4.78, 5) is 11.4. The van der Waals surface area contributed by atoms with Gasteiger partial charge in [-0.25, -0.2) is 4.39 Å². The summed E-state index contributed by atoms with van der Waals surface area (Å²) in [5, 5.41) is 9.72. The Morgan fingerprint density at radius 2 is 2.24 bits per heavy atom. The van der Waals surface area contributed by atoms with Crippen LogP contribution in [0.2, 0.25) is 0 Å². The monoisotopic (exact) mass is 250 g/mol. The fourth-order valence-electron chi connectivity index (χ4n) is 1.15. The summed E-state index contributed by atoms with van der Waals surface area (Å²) in [6.07, 6.45) is 2.26. The van der Waals surface area contributed by atoms with E-state index in [2.05, 4.69) is 15.3 Å². The first-order valence-electron chi connectivity index (χ1n) is 4.64. The third kappa shape index (κ3) is 2.51. The average molecular weight is 250 g/mol. The summed E-state index contributed by atoms with van der Waals surface area (Å²) in [5.41, 5.74) is -0.216. The maximum atomic E-state index is 13.3. The Hall–Kier alpha value is -2.15. The van der Waals surface area contributed by atoms with E-state index in [4.69, 9.17) is 12.2 Å². The fraction of sp³-hybridized carbons (Fsp3) is 0. The van der Waals surface area contributed by atoms with Gasteiger partial charge in [0.05, 0.1) is 6.21 Å². The molecule has 0 spiro atoms. The van der Waals surface area contributed by atoms with Gasteiger partial charge in [0, 0.05) is 5.56 Å². The highest BCUT2D eigenvalue weighted by Gasteiger charge is 1.98. The van der Waals surface area contributed by atoms with Gasteiger partial charge in [-0.1, -0.05) is 18.2 Å². The van der Waals surface area contributed by atoms with Gasteiger partial charge in [0.2, 0.25) is 4.77 Å². The number of rotatable bonds is 2. The van der Waals surface area contributed by atoms with Crippen LogP contribution in [0.3, 0.4) is 0 Å². The van der Waals surface area contributed by atoms with Gasteiger partial charge >= 0.3 is 0 Å². The van der Waals surface area contributed by atoms with Gasteiger partial charge in [0.1, 0.15) is 12.0 Å². The van der Waals surface area contributed by atoms with Crippen molar-refractivity contribution in [1.29, 1.82) is 0 Å². The zero-order valence-corrected chi connectivity index (χ0v) is 9.32. The van der Waals surface area contributed by atoms with Crippen LogP contribution in [-0.2, 0) is 0 Å². The smallest absolute Gasteiger partial charge is 0.265 e. The van der Waals surface area contributed by atoms with Crippen molar-refractivity contribution < 1.29 is 4.39 Å². The number of hydrogen-bond donors (Lipinski definition) is 1. The van der Waals surface area contributed by atoms with Gasteiger partial charge in [-0.15, -0.1) is 0 Å². The highest BCUT2D eigenvalue weighted by atomic mass is 32.1. The molecule has 1 N–H and O–H groups in total. The lowest BCUT2D eigenvalue weighted by atomic mass is 10.2. The van der Waals surface area contributed by atoms with Gasteiger partial charge in [-0.3, -0.25) is 9.89 Å². The molecule has 0 fully saturated rings. The molecule has 0 radical (unpaired) electrons. The largest absolute Gasteiger partial charge is 0.293 e. The molecule has 0 aliphatic heterocycles. The standard InChI is InChI=1S/C10H7FN4OS/c11-8-4-2-1-3-7(8)5-13-15-9(16)6-12-14-10(15)17/h1-6H,(H,14,17)/b13-5-. The number of nitrogens with zero attached hydrogens (tertiary/aromatic N) is 3. The maximum Gasteiger partial charge on any atom is 0.293 e. The highest BCUT2D eigenvalue weighted by molar-refractivity contribution is 7.71. The Kier molecular flexibility index (Phi) is 3.20. The van der Waals surface area contributed by atoms with Crippen LogP contribution in [0, 0.1) is 10.6 Å². The second-order valence-corrected chi connectivity index (χ2v) is 3.48. The van der Waals surface area contributed by atoms with E-state index in [-0.39, 0.29) is 10.3 Å². The topological polar surface area (TPSA) is 63.0 Å². The molecule has 5 nitrogen and oxygen atoms in total. The predicted octanol–water partition coefficient (Wildman–Crippen LogP) is 1.32. The molecule has 0 bridgehead atoms. The number of aromatic nitrogens is 3. The molecule has 17 heavy (non-hydrogen) atoms. The molecule has 1 aromatic carbocycles. The molecule has 0 aliphatic carbocycles. The van der Waals surface area contributed by atoms with Crippen LogP contribution in [0.1, 0.15) is 5.56 Å². The molecule has 1 aromatic heterocycles. The molecule has 0 unspecified atom stereocenters. The molecule has 86 valence electrons. The minimum atomic E-state index is -0.485. The summed E-state index contributed by atoms with van der Waals surface area (Å²) >= 11 is 4.83. The molecule has 0 atom stereocenters. The predicted molar refractivity (Wildman–Crippen MR) is 63.1 cm³/mol. The Bertz CT molecular complexity index is 648. The Morgan fingerprint density at radius 1 is 1.47 bits per heavy atom. The van der Waals surface area contributed by atoms with Crippen LogP contribution < -0.4 is 5.56 Å². The molecule has 1 heterocycles. The Morgan fingerprint density at radius 3 is 2.94 bits per heavy atom. The molecule has 0 saturated heterocycles. The van der Waals surface area contributed by atoms with E-state index in [1.54, 1.807) is 12.1 Å². The van der Waals surface area contributed by atoms with E-state index in [0.29, 0.717) is 0 Å². The minimum absolute atomic E-state index is 0.0464. The van der Waals surface area contributed by atoms with E-state index in [9.17, 15) is 9.18 Å². The maximum absolute atomic E-state index is 13.3. The van der Waals surface area contributed by atoms with Crippen LogP contribution in [0.5, 0.6) is 0 Å². The second kappa shape index (κ2) is 4.79.